The minimum Gasteiger partial charge on any atom is -0.493 e. The number of rotatable bonds is 9. The second-order valence-electron chi connectivity index (χ2n) is 8.74. The van der Waals surface area contributed by atoms with Crippen molar-refractivity contribution in [1.82, 2.24) is 10.1 Å². The molecule has 10 nitrogen and oxygen atoms in total. The zero-order valence-electron chi connectivity index (χ0n) is 22.1. The van der Waals surface area contributed by atoms with Crippen molar-refractivity contribution >= 4 is 33.4 Å². The predicted octanol–water partition coefficient (Wildman–Crippen LogP) is 5.90. The van der Waals surface area contributed by atoms with Crippen LogP contribution in [0.25, 0.3) is 21.7 Å². The van der Waals surface area contributed by atoms with E-state index in [2.05, 4.69) is 15.5 Å². The highest BCUT2D eigenvalue weighted by molar-refractivity contribution is 6.06. The normalized spacial score (nSPS) is 11.5. The van der Waals surface area contributed by atoms with Gasteiger partial charge in [-0.05, 0) is 54.1 Å². The molecule has 0 spiro atoms. The third-order valence-electron chi connectivity index (χ3n) is 6.49. The average Bonchev–Trinajstić information content (AvgIpc) is 3.44. The minimum atomic E-state index is -1.12. The summed E-state index contributed by atoms with van der Waals surface area (Å²) in [6.07, 6.45) is 1.67. The lowest BCUT2D eigenvalue weighted by atomic mass is 10.1. The highest BCUT2D eigenvalue weighted by Crippen LogP contribution is 2.37. The monoisotopic (exact) mass is 529 g/mol. The molecule has 0 atom stereocenters. The second kappa shape index (κ2) is 10.6. The number of pyridine rings is 1. The van der Waals surface area contributed by atoms with Crippen molar-refractivity contribution in [2.45, 2.75) is 12.7 Å². The van der Waals surface area contributed by atoms with Crippen molar-refractivity contribution in [2.75, 3.05) is 33.8 Å². The van der Waals surface area contributed by atoms with Crippen molar-refractivity contribution in [3.05, 3.63) is 78.2 Å². The lowest BCUT2D eigenvalue weighted by molar-refractivity contribution is -0.214. The largest absolute Gasteiger partial charge is 0.493 e. The number of ether oxygens (including phenoxy) is 5. The maximum absolute atomic E-state index is 13.0. The molecule has 2 aromatic heterocycles. The molecule has 1 N–H and O–H groups in total. The number of carbonyl (C=O) groups excluding carboxylic acids is 1. The van der Waals surface area contributed by atoms with Crippen LogP contribution in [0.3, 0.4) is 0 Å². The van der Waals surface area contributed by atoms with Crippen LogP contribution in [0, 0.1) is 0 Å². The average molecular weight is 530 g/mol. The van der Waals surface area contributed by atoms with Gasteiger partial charge in [0.05, 0.1) is 19.7 Å². The van der Waals surface area contributed by atoms with Gasteiger partial charge in [-0.15, -0.1) is 0 Å². The molecule has 0 aliphatic carbocycles. The summed E-state index contributed by atoms with van der Waals surface area (Å²) in [4.78, 5) is 17.4. The van der Waals surface area contributed by atoms with Gasteiger partial charge in [0.25, 0.3) is 5.91 Å². The Labute approximate surface area is 224 Å². The van der Waals surface area contributed by atoms with Gasteiger partial charge in [-0.2, -0.15) is 0 Å². The molecular formula is C29H27N3O7. The van der Waals surface area contributed by atoms with Crippen LogP contribution >= 0.6 is 0 Å². The number of anilines is 1. The lowest BCUT2D eigenvalue weighted by Crippen LogP contribution is -2.25. The summed E-state index contributed by atoms with van der Waals surface area (Å²) in [6.45, 7) is 1.68. The molecular weight excluding hydrogens is 502 g/mol. The van der Waals surface area contributed by atoms with Crippen molar-refractivity contribution in [1.29, 1.82) is 0 Å². The van der Waals surface area contributed by atoms with Crippen LogP contribution in [0.2, 0.25) is 0 Å². The Bertz CT molecular complexity index is 1660. The van der Waals surface area contributed by atoms with E-state index < -0.39 is 5.79 Å². The first-order valence-electron chi connectivity index (χ1n) is 12.0. The standard InChI is InChI=1S/C29H27N3O7/c1-29(36-4,37-5)26-16-27(32-39-26)31-28(33)18-7-6-17-8-9-20(13-19(17)12-18)38-23-10-11-30-22-15-25(35-3)24(34-2)14-21(22)23/h6-16H,1-5H3,(H,31,32,33). The molecule has 0 radical (unpaired) electrons. The molecule has 0 aliphatic rings. The number of benzene rings is 3. The topological polar surface area (TPSA) is 114 Å². The molecule has 10 heteroatoms. The molecule has 1 amide bonds. The van der Waals surface area contributed by atoms with Crippen LogP contribution < -0.4 is 19.5 Å². The quantitative estimate of drug-likeness (QED) is 0.233. The van der Waals surface area contributed by atoms with Crippen LogP contribution in [0.5, 0.6) is 23.0 Å². The van der Waals surface area contributed by atoms with Gasteiger partial charge in [0.2, 0.25) is 5.79 Å². The van der Waals surface area contributed by atoms with E-state index in [1.54, 1.807) is 57.7 Å². The second-order valence-corrected chi connectivity index (χ2v) is 8.74. The Hall–Kier alpha value is -4.67. The molecule has 3 aromatic carbocycles. The maximum atomic E-state index is 13.0. The fourth-order valence-corrected chi connectivity index (χ4v) is 4.11. The minimum absolute atomic E-state index is 0.240. The van der Waals surface area contributed by atoms with Crippen LogP contribution in [0.4, 0.5) is 5.82 Å². The van der Waals surface area contributed by atoms with Gasteiger partial charge in [-0.1, -0.05) is 17.3 Å². The Morgan fingerprint density at radius 2 is 1.59 bits per heavy atom. The third kappa shape index (κ3) is 5.07. The molecule has 0 bridgehead atoms. The summed E-state index contributed by atoms with van der Waals surface area (Å²) in [5.41, 5.74) is 1.15. The summed E-state index contributed by atoms with van der Waals surface area (Å²) < 4.78 is 33.0. The van der Waals surface area contributed by atoms with E-state index in [9.17, 15) is 4.79 Å². The maximum Gasteiger partial charge on any atom is 0.256 e. The van der Waals surface area contributed by atoms with Crippen molar-refractivity contribution < 1.29 is 33.0 Å². The summed E-state index contributed by atoms with van der Waals surface area (Å²) in [7, 11) is 6.13. The highest BCUT2D eigenvalue weighted by atomic mass is 16.7. The van der Waals surface area contributed by atoms with E-state index in [0.717, 1.165) is 16.2 Å². The number of hydrogen-bond donors (Lipinski definition) is 1. The van der Waals surface area contributed by atoms with Crippen molar-refractivity contribution in [3.8, 4) is 23.0 Å². The molecule has 0 unspecified atom stereocenters. The van der Waals surface area contributed by atoms with Crippen LogP contribution in [0.15, 0.2) is 71.4 Å². The summed E-state index contributed by atoms with van der Waals surface area (Å²) in [5, 5.41) is 9.19. The van der Waals surface area contributed by atoms with E-state index in [-0.39, 0.29) is 11.7 Å². The summed E-state index contributed by atoms with van der Waals surface area (Å²) in [5.74, 6) is 1.46. The van der Waals surface area contributed by atoms with Gasteiger partial charge < -0.3 is 33.5 Å². The van der Waals surface area contributed by atoms with Crippen LogP contribution in [-0.2, 0) is 15.3 Å². The molecule has 5 rings (SSSR count). The van der Waals surface area contributed by atoms with Gasteiger partial charge in [0.1, 0.15) is 11.5 Å². The number of carbonyl (C=O) groups is 1. The molecule has 200 valence electrons. The molecule has 0 saturated heterocycles. The number of hydrogen-bond acceptors (Lipinski definition) is 9. The lowest BCUT2D eigenvalue weighted by Gasteiger charge is -2.22. The Balaban J connectivity index is 1.40. The fourth-order valence-electron chi connectivity index (χ4n) is 4.11. The summed E-state index contributed by atoms with van der Waals surface area (Å²) in [6, 6.07) is 18.0. The third-order valence-corrected chi connectivity index (χ3v) is 6.49. The predicted molar refractivity (Wildman–Crippen MR) is 145 cm³/mol. The molecule has 39 heavy (non-hydrogen) atoms. The Morgan fingerprint density at radius 3 is 2.33 bits per heavy atom. The smallest absolute Gasteiger partial charge is 0.256 e. The highest BCUT2D eigenvalue weighted by Gasteiger charge is 2.31. The van der Waals surface area contributed by atoms with E-state index in [0.29, 0.717) is 39.8 Å². The van der Waals surface area contributed by atoms with E-state index >= 15 is 0 Å². The molecule has 0 saturated carbocycles. The van der Waals surface area contributed by atoms with Gasteiger partial charge in [0.15, 0.2) is 23.1 Å². The number of fused-ring (bicyclic) bond motifs is 2. The number of amides is 1. The number of nitrogens with zero attached hydrogens (tertiary/aromatic N) is 2. The van der Waals surface area contributed by atoms with Crippen LogP contribution in [0.1, 0.15) is 23.0 Å². The van der Waals surface area contributed by atoms with E-state index in [1.807, 2.05) is 30.3 Å². The van der Waals surface area contributed by atoms with E-state index in [4.69, 9.17) is 28.2 Å². The number of nitrogens with one attached hydrogen (secondary N) is 1. The SMILES string of the molecule is COc1cc2nccc(Oc3ccc4ccc(C(=O)Nc5cc(C(C)(OC)OC)on5)cc4c3)c2cc1OC. The van der Waals surface area contributed by atoms with Gasteiger partial charge in [0, 0.05) is 43.5 Å². The first-order valence-corrected chi connectivity index (χ1v) is 12.0. The van der Waals surface area contributed by atoms with Gasteiger partial charge in [-0.25, -0.2) is 0 Å². The summed E-state index contributed by atoms with van der Waals surface area (Å²) >= 11 is 0. The first kappa shape index (κ1) is 26.0. The molecule has 0 fully saturated rings. The fraction of sp³-hybridized carbons (Fsp3) is 0.207. The molecule has 2 heterocycles. The van der Waals surface area contributed by atoms with Crippen LogP contribution in [-0.4, -0.2) is 44.5 Å². The molecule has 5 aromatic rings. The van der Waals surface area contributed by atoms with Crippen molar-refractivity contribution in [3.63, 3.8) is 0 Å². The number of methoxy groups -OCH3 is 4. The van der Waals surface area contributed by atoms with Crippen molar-refractivity contribution in [2.24, 2.45) is 0 Å². The Morgan fingerprint density at radius 1 is 0.846 bits per heavy atom. The first-order chi connectivity index (χ1) is 18.9. The van der Waals surface area contributed by atoms with Gasteiger partial charge in [-0.3, -0.25) is 9.78 Å². The zero-order valence-corrected chi connectivity index (χ0v) is 22.1. The molecule has 0 aliphatic heterocycles. The number of aromatic nitrogens is 2. The zero-order chi connectivity index (χ0) is 27.6. The Kier molecular flexibility index (Phi) is 7.05. The van der Waals surface area contributed by atoms with Gasteiger partial charge >= 0.3 is 0 Å². The van der Waals surface area contributed by atoms with E-state index in [1.165, 1.54) is 14.2 Å².